The normalized spacial score (nSPS) is 17.5. The Labute approximate surface area is 126 Å². The summed E-state index contributed by atoms with van der Waals surface area (Å²) in [6.07, 6.45) is 5.48. The molecule has 1 fully saturated rings. The van der Waals surface area contributed by atoms with Crippen LogP contribution in [-0.4, -0.2) is 31.1 Å². The zero-order valence-electron chi connectivity index (χ0n) is 11.0. The molecule has 5 nitrogen and oxygen atoms in total. The summed E-state index contributed by atoms with van der Waals surface area (Å²) in [6, 6.07) is 2.93. The number of nitrogens with one attached hydrogen (secondary N) is 2. The maximum Gasteiger partial charge on any atom is 0.316 e. The fourth-order valence-electron chi connectivity index (χ4n) is 2.06. The Balaban J connectivity index is 2.02. The lowest BCUT2D eigenvalue weighted by Crippen LogP contribution is -2.46. The number of terminal acetylenes is 1. The monoisotopic (exact) mass is 309 g/mol. The highest BCUT2D eigenvalue weighted by atomic mass is 35.5. The van der Waals surface area contributed by atoms with Gasteiger partial charge in [-0.2, -0.15) is 0 Å². The third-order valence-corrected chi connectivity index (χ3v) is 3.37. The SMILES string of the molecule is C#CCNC(=O)N[C@H]1CCN(c2ccc(F)c(Cl)c2)C1=O. The number of anilines is 1. The molecule has 0 bridgehead atoms. The van der Waals surface area contributed by atoms with Crippen LogP contribution in [-0.2, 0) is 4.79 Å². The van der Waals surface area contributed by atoms with Gasteiger partial charge >= 0.3 is 6.03 Å². The summed E-state index contributed by atoms with van der Waals surface area (Å²) >= 11 is 5.71. The smallest absolute Gasteiger partial charge is 0.316 e. The summed E-state index contributed by atoms with van der Waals surface area (Å²) in [5, 5.41) is 4.92. The second-order valence-electron chi connectivity index (χ2n) is 4.46. The van der Waals surface area contributed by atoms with Crippen LogP contribution in [0.4, 0.5) is 14.9 Å². The lowest BCUT2D eigenvalue weighted by Gasteiger charge is -2.17. The van der Waals surface area contributed by atoms with Crippen molar-refractivity contribution in [2.45, 2.75) is 12.5 Å². The standard InChI is InChI=1S/C14H13ClFN3O2/c1-2-6-17-14(21)18-12-5-7-19(13(12)20)9-3-4-11(16)10(15)8-9/h1,3-4,8,12H,5-7H2,(H2,17,18,21)/t12-/m0/s1. The molecule has 3 amide bonds. The predicted molar refractivity (Wildman–Crippen MR) is 77.5 cm³/mol. The molecule has 110 valence electrons. The highest BCUT2D eigenvalue weighted by Gasteiger charge is 2.33. The molecule has 21 heavy (non-hydrogen) atoms. The van der Waals surface area contributed by atoms with Crippen LogP contribution in [0.3, 0.4) is 0 Å². The number of carbonyl (C=O) groups is 2. The quantitative estimate of drug-likeness (QED) is 0.832. The van der Waals surface area contributed by atoms with Crippen molar-refractivity contribution in [1.29, 1.82) is 0 Å². The van der Waals surface area contributed by atoms with Crippen LogP contribution in [0.1, 0.15) is 6.42 Å². The van der Waals surface area contributed by atoms with E-state index < -0.39 is 17.9 Å². The maximum absolute atomic E-state index is 13.1. The minimum atomic E-state index is -0.633. The number of urea groups is 1. The number of halogens is 2. The minimum absolute atomic E-state index is 0.0523. The molecule has 0 aliphatic carbocycles. The van der Waals surface area contributed by atoms with Crippen LogP contribution >= 0.6 is 11.6 Å². The number of amides is 3. The maximum atomic E-state index is 13.1. The van der Waals surface area contributed by atoms with Crippen molar-refractivity contribution in [3.63, 3.8) is 0 Å². The fraction of sp³-hybridized carbons (Fsp3) is 0.286. The third kappa shape index (κ3) is 3.44. The first-order valence-corrected chi connectivity index (χ1v) is 6.65. The Kier molecular flexibility index (Phi) is 4.66. The van der Waals surface area contributed by atoms with Crippen LogP contribution in [0, 0.1) is 18.2 Å². The van der Waals surface area contributed by atoms with Gasteiger partial charge in [-0.25, -0.2) is 9.18 Å². The van der Waals surface area contributed by atoms with E-state index in [0.717, 1.165) is 0 Å². The highest BCUT2D eigenvalue weighted by Crippen LogP contribution is 2.26. The minimum Gasteiger partial charge on any atom is -0.327 e. The molecule has 0 unspecified atom stereocenters. The number of carbonyl (C=O) groups excluding carboxylic acids is 2. The second-order valence-corrected chi connectivity index (χ2v) is 4.87. The largest absolute Gasteiger partial charge is 0.327 e. The van der Waals surface area contributed by atoms with E-state index >= 15 is 0 Å². The molecule has 1 aromatic rings. The molecule has 0 radical (unpaired) electrons. The van der Waals surface area contributed by atoms with Gasteiger partial charge in [-0.15, -0.1) is 6.42 Å². The molecule has 0 spiro atoms. The van der Waals surface area contributed by atoms with E-state index in [9.17, 15) is 14.0 Å². The molecular weight excluding hydrogens is 297 g/mol. The Hall–Kier alpha value is -2.26. The molecule has 2 N–H and O–H groups in total. The number of hydrogen-bond acceptors (Lipinski definition) is 2. The van der Waals surface area contributed by atoms with Crippen molar-refractivity contribution < 1.29 is 14.0 Å². The highest BCUT2D eigenvalue weighted by molar-refractivity contribution is 6.31. The molecule has 2 rings (SSSR count). The summed E-state index contributed by atoms with van der Waals surface area (Å²) in [4.78, 5) is 25.2. The predicted octanol–water partition coefficient (Wildman–Crippen LogP) is 1.52. The molecule has 0 aromatic heterocycles. The van der Waals surface area contributed by atoms with Gasteiger partial charge in [0.05, 0.1) is 11.6 Å². The second kappa shape index (κ2) is 6.46. The van der Waals surface area contributed by atoms with E-state index in [1.165, 1.54) is 23.1 Å². The van der Waals surface area contributed by atoms with E-state index in [-0.39, 0.29) is 17.5 Å². The lowest BCUT2D eigenvalue weighted by atomic mass is 10.2. The molecule has 1 aromatic carbocycles. The van der Waals surface area contributed by atoms with Crippen LogP contribution in [0.25, 0.3) is 0 Å². The van der Waals surface area contributed by atoms with E-state index in [1.54, 1.807) is 0 Å². The zero-order chi connectivity index (χ0) is 15.4. The van der Waals surface area contributed by atoms with Gasteiger partial charge in [0.2, 0.25) is 5.91 Å². The van der Waals surface area contributed by atoms with Gasteiger partial charge in [0, 0.05) is 12.2 Å². The molecule has 1 aliphatic heterocycles. The number of benzene rings is 1. The van der Waals surface area contributed by atoms with Gasteiger partial charge in [0.25, 0.3) is 0 Å². The first-order valence-electron chi connectivity index (χ1n) is 6.27. The van der Waals surface area contributed by atoms with E-state index in [0.29, 0.717) is 18.7 Å². The van der Waals surface area contributed by atoms with Crippen molar-refractivity contribution in [1.82, 2.24) is 10.6 Å². The molecule has 1 aliphatic rings. The van der Waals surface area contributed by atoms with Gasteiger partial charge in [0.15, 0.2) is 0 Å². The third-order valence-electron chi connectivity index (χ3n) is 3.08. The fourth-order valence-corrected chi connectivity index (χ4v) is 2.24. The summed E-state index contributed by atoms with van der Waals surface area (Å²) in [5.74, 6) is 1.45. The number of nitrogens with zero attached hydrogens (tertiary/aromatic N) is 1. The summed E-state index contributed by atoms with van der Waals surface area (Å²) in [6.45, 7) is 0.505. The Morgan fingerprint density at radius 3 is 3.00 bits per heavy atom. The molecule has 1 saturated heterocycles. The summed E-state index contributed by atoms with van der Waals surface area (Å²) in [7, 11) is 0. The average molecular weight is 310 g/mol. The van der Waals surface area contributed by atoms with Crippen molar-refractivity contribution in [2.75, 3.05) is 18.0 Å². The number of rotatable bonds is 3. The van der Waals surface area contributed by atoms with Gasteiger partial charge in [-0.3, -0.25) is 4.79 Å². The van der Waals surface area contributed by atoms with Crippen molar-refractivity contribution >= 4 is 29.2 Å². The van der Waals surface area contributed by atoms with Crippen LogP contribution in [0.15, 0.2) is 18.2 Å². The van der Waals surface area contributed by atoms with Gasteiger partial charge in [-0.05, 0) is 24.6 Å². The molecular formula is C14H13ClFN3O2. The first kappa shape index (κ1) is 15.1. The van der Waals surface area contributed by atoms with Crippen molar-refractivity contribution in [3.8, 4) is 12.3 Å². The average Bonchev–Trinajstić information content (AvgIpc) is 2.81. The van der Waals surface area contributed by atoms with Crippen LogP contribution in [0.2, 0.25) is 5.02 Å². The van der Waals surface area contributed by atoms with E-state index in [4.69, 9.17) is 18.0 Å². The van der Waals surface area contributed by atoms with Crippen LogP contribution in [0.5, 0.6) is 0 Å². The number of hydrogen-bond donors (Lipinski definition) is 2. The summed E-state index contributed by atoms with van der Waals surface area (Å²) in [5.41, 5.74) is 0.500. The molecule has 1 heterocycles. The Morgan fingerprint density at radius 1 is 1.57 bits per heavy atom. The van der Waals surface area contributed by atoms with Gasteiger partial charge in [0.1, 0.15) is 11.9 Å². The van der Waals surface area contributed by atoms with Crippen molar-refractivity contribution in [2.24, 2.45) is 0 Å². The Morgan fingerprint density at radius 2 is 2.33 bits per heavy atom. The van der Waals surface area contributed by atoms with E-state index in [2.05, 4.69) is 16.6 Å². The van der Waals surface area contributed by atoms with E-state index in [1.807, 2.05) is 0 Å². The molecule has 7 heteroatoms. The van der Waals surface area contributed by atoms with Crippen LogP contribution < -0.4 is 15.5 Å². The topological polar surface area (TPSA) is 61.4 Å². The van der Waals surface area contributed by atoms with Crippen molar-refractivity contribution in [3.05, 3.63) is 29.0 Å². The summed E-state index contributed by atoms with van der Waals surface area (Å²) < 4.78 is 13.1. The molecule has 1 atom stereocenters. The first-order chi connectivity index (χ1) is 10.0. The zero-order valence-corrected chi connectivity index (χ0v) is 11.8. The Bertz CT molecular complexity index is 615. The molecule has 0 saturated carbocycles. The lowest BCUT2D eigenvalue weighted by molar-refractivity contribution is -0.118. The van der Waals surface area contributed by atoms with Gasteiger partial charge in [-0.1, -0.05) is 17.5 Å². The van der Waals surface area contributed by atoms with Gasteiger partial charge < -0.3 is 15.5 Å².